The van der Waals surface area contributed by atoms with Crippen LogP contribution >= 0.6 is 0 Å². The molecule has 7 heteroatoms. The number of sulfonamides is 1. The van der Waals surface area contributed by atoms with E-state index in [0.29, 0.717) is 11.4 Å². The van der Waals surface area contributed by atoms with Gasteiger partial charge in [0, 0.05) is 25.6 Å². The Bertz CT molecular complexity index is 674. The molecule has 0 aliphatic carbocycles. The van der Waals surface area contributed by atoms with Gasteiger partial charge in [0.25, 0.3) is 0 Å². The minimum absolute atomic E-state index is 0.116. The van der Waals surface area contributed by atoms with Gasteiger partial charge in [0.2, 0.25) is 10.0 Å². The molecule has 0 saturated carbocycles. The lowest BCUT2D eigenvalue weighted by molar-refractivity contribution is 0.564. The predicted molar refractivity (Wildman–Crippen MR) is 76.8 cm³/mol. The lowest BCUT2D eigenvalue weighted by atomic mass is 10.2. The van der Waals surface area contributed by atoms with Crippen LogP contribution in [0.25, 0.3) is 0 Å². The molecule has 20 heavy (non-hydrogen) atoms. The Morgan fingerprint density at radius 2 is 2.00 bits per heavy atom. The van der Waals surface area contributed by atoms with E-state index in [1.165, 1.54) is 12.4 Å². The molecule has 1 atom stereocenters. The maximum atomic E-state index is 12.4. The molecule has 0 aliphatic heterocycles. The molecule has 2 heterocycles. The number of pyridine rings is 2. The van der Waals surface area contributed by atoms with Crippen molar-refractivity contribution in [3.63, 3.8) is 0 Å². The van der Waals surface area contributed by atoms with Crippen molar-refractivity contribution in [2.75, 3.05) is 12.4 Å². The van der Waals surface area contributed by atoms with Crippen molar-refractivity contribution in [2.45, 2.75) is 17.9 Å². The van der Waals surface area contributed by atoms with Crippen LogP contribution in [0.15, 0.2) is 47.8 Å². The first kappa shape index (κ1) is 14.4. The molecule has 0 amide bonds. The van der Waals surface area contributed by atoms with Crippen LogP contribution in [0.1, 0.15) is 18.7 Å². The third kappa shape index (κ3) is 3.12. The molecule has 0 fully saturated rings. The van der Waals surface area contributed by atoms with E-state index in [4.69, 9.17) is 0 Å². The van der Waals surface area contributed by atoms with Gasteiger partial charge < -0.3 is 5.32 Å². The smallest absolute Gasteiger partial charge is 0.244 e. The third-order valence-corrected chi connectivity index (χ3v) is 4.37. The highest BCUT2D eigenvalue weighted by Gasteiger charge is 2.21. The second kappa shape index (κ2) is 5.98. The van der Waals surface area contributed by atoms with Crippen LogP contribution in [-0.2, 0) is 10.0 Å². The first-order valence-electron chi connectivity index (χ1n) is 6.09. The topological polar surface area (TPSA) is 84.0 Å². The van der Waals surface area contributed by atoms with Crippen LogP contribution in [-0.4, -0.2) is 25.4 Å². The Balaban J connectivity index is 2.28. The van der Waals surface area contributed by atoms with E-state index in [2.05, 4.69) is 20.0 Å². The molecule has 2 aromatic heterocycles. The molecule has 2 N–H and O–H groups in total. The zero-order valence-corrected chi connectivity index (χ0v) is 12.1. The van der Waals surface area contributed by atoms with Gasteiger partial charge in [0.05, 0.1) is 17.4 Å². The van der Waals surface area contributed by atoms with E-state index in [1.807, 2.05) is 6.07 Å². The summed E-state index contributed by atoms with van der Waals surface area (Å²) in [5.74, 6) is 0. The van der Waals surface area contributed by atoms with Gasteiger partial charge in [-0.25, -0.2) is 13.1 Å². The number of hydrogen-bond acceptors (Lipinski definition) is 5. The number of hydrogen-bond donors (Lipinski definition) is 2. The molecule has 0 spiro atoms. The SMILES string of the molecule is CNc1ccncc1S(=O)(=O)NC(C)c1ccccn1. The lowest BCUT2D eigenvalue weighted by Gasteiger charge is -2.15. The third-order valence-electron chi connectivity index (χ3n) is 2.81. The van der Waals surface area contributed by atoms with Gasteiger partial charge in [0.1, 0.15) is 4.90 Å². The van der Waals surface area contributed by atoms with Gasteiger partial charge in [-0.3, -0.25) is 9.97 Å². The van der Waals surface area contributed by atoms with Crippen molar-refractivity contribution in [3.05, 3.63) is 48.5 Å². The van der Waals surface area contributed by atoms with E-state index in [-0.39, 0.29) is 4.90 Å². The van der Waals surface area contributed by atoms with Crippen LogP contribution in [0, 0.1) is 0 Å². The van der Waals surface area contributed by atoms with Crippen LogP contribution in [0.4, 0.5) is 5.69 Å². The molecule has 0 aromatic carbocycles. The lowest BCUT2D eigenvalue weighted by Crippen LogP contribution is -2.28. The highest BCUT2D eigenvalue weighted by Crippen LogP contribution is 2.21. The fourth-order valence-corrected chi connectivity index (χ4v) is 3.16. The summed E-state index contributed by atoms with van der Waals surface area (Å²) >= 11 is 0. The molecule has 0 aliphatic rings. The van der Waals surface area contributed by atoms with Gasteiger partial charge in [-0.2, -0.15) is 0 Å². The Morgan fingerprint density at radius 1 is 1.20 bits per heavy atom. The van der Waals surface area contributed by atoms with Crippen LogP contribution in [0.5, 0.6) is 0 Å². The standard InChI is InChI=1S/C13H16N4O2S/c1-10(11-5-3-4-7-16-11)17-20(18,19)13-9-15-8-6-12(13)14-2/h3-10,17H,1-2H3,(H,14,15). The van der Waals surface area contributed by atoms with Gasteiger partial charge in [-0.05, 0) is 25.1 Å². The Kier molecular flexibility index (Phi) is 4.31. The minimum atomic E-state index is -3.67. The molecule has 1 unspecified atom stereocenters. The Labute approximate surface area is 118 Å². The highest BCUT2D eigenvalue weighted by atomic mass is 32.2. The first-order chi connectivity index (χ1) is 9.54. The monoisotopic (exact) mass is 292 g/mol. The molecule has 0 radical (unpaired) electrons. The zero-order chi connectivity index (χ0) is 14.6. The summed E-state index contributed by atoms with van der Waals surface area (Å²) in [6.07, 6.45) is 4.48. The van der Waals surface area contributed by atoms with E-state index < -0.39 is 16.1 Å². The van der Waals surface area contributed by atoms with Crippen molar-refractivity contribution >= 4 is 15.7 Å². The molecule has 2 aromatic rings. The van der Waals surface area contributed by atoms with Crippen molar-refractivity contribution in [2.24, 2.45) is 0 Å². The number of nitrogens with one attached hydrogen (secondary N) is 2. The quantitative estimate of drug-likeness (QED) is 0.873. The Hall–Kier alpha value is -1.99. The Morgan fingerprint density at radius 3 is 2.65 bits per heavy atom. The normalized spacial score (nSPS) is 12.9. The van der Waals surface area contributed by atoms with Crippen molar-refractivity contribution in [3.8, 4) is 0 Å². The van der Waals surface area contributed by atoms with E-state index in [1.54, 1.807) is 38.4 Å². The first-order valence-corrected chi connectivity index (χ1v) is 7.58. The number of nitrogens with zero attached hydrogens (tertiary/aromatic N) is 2. The molecule has 0 bridgehead atoms. The summed E-state index contributed by atoms with van der Waals surface area (Å²) in [5, 5.41) is 2.84. The van der Waals surface area contributed by atoms with E-state index >= 15 is 0 Å². The summed E-state index contributed by atoms with van der Waals surface area (Å²) in [6, 6.07) is 6.56. The number of rotatable bonds is 5. The average molecular weight is 292 g/mol. The zero-order valence-electron chi connectivity index (χ0n) is 11.2. The number of anilines is 1. The van der Waals surface area contributed by atoms with Crippen LogP contribution < -0.4 is 10.0 Å². The molecule has 6 nitrogen and oxygen atoms in total. The van der Waals surface area contributed by atoms with Crippen LogP contribution in [0.2, 0.25) is 0 Å². The average Bonchev–Trinajstić information content (AvgIpc) is 2.47. The van der Waals surface area contributed by atoms with Gasteiger partial charge >= 0.3 is 0 Å². The maximum absolute atomic E-state index is 12.4. The molecular weight excluding hydrogens is 276 g/mol. The summed E-state index contributed by atoms with van der Waals surface area (Å²) in [6.45, 7) is 1.75. The fraction of sp³-hybridized carbons (Fsp3) is 0.231. The second-order valence-electron chi connectivity index (χ2n) is 4.22. The van der Waals surface area contributed by atoms with Gasteiger partial charge in [-0.1, -0.05) is 6.07 Å². The fourth-order valence-electron chi connectivity index (χ4n) is 1.79. The van der Waals surface area contributed by atoms with Crippen molar-refractivity contribution in [1.82, 2.24) is 14.7 Å². The maximum Gasteiger partial charge on any atom is 0.244 e. The van der Waals surface area contributed by atoms with Gasteiger partial charge in [-0.15, -0.1) is 0 Å². The molecule has 2 rings (SSSR count). The highest BCUT2D eigenvalue weighted by molar-refractivity contribution is 7.89. The van der Waals surface area contributed by atoms with Crippen LogP contribution in [0.3, 0.4) is 0 Å². The molecule has 0 saturated heterocycles. The summed E-state index contributed by atoms with van der Waals surface area (Å²) in [5.41, 5.74) is 1.16. The molecular formula is C13H16N4O2S. The van der Waals surface area contributed by atoms with Gasteiger partial charge in [0.15, 0.2) is 0 Å². The van der Waals surface area contributed by atoms with E-state index in [9.17, 15) is 8.42 Å². The minimum Gasteiger partial charge on any atom is -0.387 e. The summed E-state index contributed by atoms with van der Waals surface area (Å²) < 4.78 is 27.3. The summed E-state index contributed by atoms with van der Waals surface area (Å²) in [7, 11) is -2.00. The van der Waals surface area contributed by atoms with Crippen molar-refractivity contribution < 1.29 is 8.42 Å². The predicted octanol–water partition coefficient (Wildman–Crippen LogP) is 1.56. The largest absolute Gasteiger partial charge is 0.387 e. The molecule has 106 valence electrons. The number of aromatic nitrogens is 2. The van der Waals surface area contributed by atoms with Crippen molar-refractivity contribution in [1.29, 1.82) is 0 Å². The second-order valence-corrected chi connectivity index (χ2v) is 5.90. The van der Waals surface area contributed by atoms with E-state index in [0.717, 1.165) is 0 Å². The summed E-state index contributed by atoms with van der Waals surface area (Å²) in [4.78, 5) is 8.12.